The summed E-state index contributed by atoms with van der Waals surface area (Å²) in [6, 6.07) is 0. The quantitative estimate of drug-likeness (QED) is 0.546. The summed E-state index contributed by atoms with van der Waals surface area (Å²) in [6.45, 7) is 0. The number of halogens is 2. The first-order chi connectivity index (χ1) is 2.64. The molecule has 0 aromatic rings. The van der Waals surface area contributed by atoms with Crippen molar-refractivity contribution < 1.29 is 2.74 Å². The van der Waals surface area contributed by atoms with Gasteiger partial charge in [-0.25, -0.2) is 0 Å². The fraction of sp³-hybridized carbons (Fsp3) is 0. The van der Waals surface area contributed by atoms with Gasteiger partial charge in [-0.2, -0.15) is 0 Å². The van der Waals surface area contributed by atoms with Crippen LogP contribution in [0.15, 0.2) is 9.92 Å². The zero-order valence-corrected chi connectivity index (χ0v) is 4.93. The smallest absolute Gasteiger partial charge is 0.0589 e. The molecule has 0 saturated carbocycles. The summed E-state index contributed by atoms with van der Waals surface area (Å²) in [6.07, 6.45) is 0. The molecule has 0 fully saturated rings. The standard InChI is InChI=1S/C2H2Br2/c3-1-2-4/h1-2H/b2-1-/i1D,2D. The lowest BCUT2D eigenvalue weighted by Crippen LogP contribution is -1.07. The van der Waals surface area contributed by atoms with Gasteiger partial charge in [0, 0.05) is 0 Å². The first kappa shape index (κ1) is 1.98. The van der Waals surface area contributed by atoms with Crippen molar-refractivity contribution >= 4 is 31.9 Å². The Kier molecular flexibility index (Phi) is 1.83. The van der Waals surface area contributed by atoms with Gasteiger partial charge in [-0.15, -0.1) is 0 Å². The van der Waals surface area contributed by atoms with Gasteiger partial charge >= 0.3 is 0 Å². The monoisotopic (exact) mass is 186 g/mol. The van der Waals surface area contributed by atoms with Gasteiger partial charge < -0.3 is 0 Å². The van der Waals surface area contributed by atoms with Crippen molar-refractivity contribution in [2.24, 2.45) is 0 Å². The molecule has 0 spiro atoms. The van der Waals surface area contributed by atoms with Crippen LogP contribution < -0.4 is 0 Å². The molecular formula is C2H2Br2. The van der Waals surface area contributed by atoms with Gasteiger partial charge in [0.1, 0.15) is 0 Å². The molecule has 0 aromatic carbocycles. The summed E-state index contributed by atoms with van der Waals surface area (Å²) >= 11 is 5.50. The lowest BCUT2D eigenvalue weighted by molar-refractivity contribution is 2.65. The highest BCUT2D eigenvalue weighted by Crippen LogP contribution is 1.86. The van der Waals surface area contributed by atoms with Gasteiger partial charge in [0.15, 0.2) is 0 Å². The number of rotatable bonds is 0. The van der Waals surface area contributed by atoms with E-state index in [1.54, 1.807) is 0 Å². The Labute approximate surface area is 45.0 Å². The number of hydrogen-bond donors (Lipinski definition) is 0. The van der Waals surface area contributed by atoms with E-state index in [0.717, 1.165) is 0 Å². The minimum atomic E-state index is 0.0718. The Balaban J connectivity index is 3.68. The summed E-state index contributed by atoms with van der Waals surface area (Å²) in [4.78, 5) is 0.144. The summed E-state index contributed by atoms with van der Waals surface area (Å²) in [7, 11) is 0. The van der Waals surface area contributed by atoms with Crippen LogP contribution in [0.1, 0.15) is 2.74 Å². The Hall–Kier alpha value is 0.700. The molecule has 0 aliphatic heterocycles. The van der Waals surface area contributed by atoms with Crippen molar-refractivity contribution in [3.05, 3.63) is 9.92 Å². The molecule has 0 unspecified atom stereocenters. The third-order valence-electron chi connectivity index (χ3n) is 0.0357. The van der Waals surface area contributed by atoms with Crippen molar-refractivity contribution in [3.8, 4) is 0 Å². The Bertz CT molecular complexity index is 59.6. The third-order valence-corrected chi connectivity index (χ3v) is 0.964. The molecule has 0 aliphatic rings. The van der Waals surface area contributed by atoms with Gasteiger partial charge in [-0.05, 0) is 9.92 Å². The van der Waals surface area contributed by atoms with Gasteiger partial charge in [0.05, 0.1) is 2.74 Å². The molecule has 0 bridgehead atoms. The normalized spacial score (nSPS) is 21.5. The van der Waals surface area contributed by atoms with Crippen LogP contribution in [0.3, 0.4) is 0 Å². The summed E-state index contributed by atoms with van der Waals surface area (Å²) in [5, 5.41) is 0. The first-order valence-electron chi connectivity index (χ1n) is 1.63. The van der Waals surface area contributed by atoms with Crippen LogP contribution in [0.5, 0.6) is 0 Å². The van der Waals surface area contributed by atoms with E-state index in [1.807, 2.05) is 0 Å². The van der Waals surface area contributed by atoms with Crippen molar-refractivity contribution in [1.82, 2.24) is 0 Å². The highest BCUT2D eigenvalue weighted by molar-refractivity contribution is 9.13. The van der Waals surface area contributed by atoms with Crippen LogP contribution in [-0.4, -0.2) is 0 Å². The molecule has 0 radical (unpaired) electrons. The Morgan fingerprint density at radius 1 is 1.50 bits per heavy atom. The first-order valence-corrected chi connectivity index (χ1v) is 2.21. The van der Waals surface area contributed by atoms with E-state index >= 15 is 0 Å². The molecule has 0 nitrogen and oxygen atoms in total. The average molecular weight is 188 g/mol. The van der Waals surface area contributed by atoms with Gasteiger partial charge in [0.25, 0.3) is 0 Å². The Morgan fingerprint density at radius 3 is 1.75 bits per heavy atom. The highest BCUT2D eigenvalue weighted by atomic mass is 79.9. The number of hydrogen-bond acceptors (Lipinski definition) is 0. The SMILES string of the molecule is [2H]/C(Br)=C(\[2H])Br. The second kappa shape index (κ2) is 3.70. The summed E-state index contributed by atoms with van der Waals surface area (Å²) in [5.74, 6) is 0. The topological polar surface area (TPSA) is 0 Å². The molecule has 0 heterocycles. The van der Waals surface area contributed by atoms with Gasteiger partial charge in [0.2, 0.25) is 0 Å². The third kappa shape index (κ3) is 2.70. The maximum Gasteiger partial charge on any atom is 0.0709 e. The molecule has 0 aliphatic carbocycles. The van der Waals surface area contributed by atoms with Gasteiger partial charge in [-0.3, -0.25) is 0 Å². The van der Waals surface area contributed by atoms with Crippen LogP contribution in [0, 0.1) is 0 Å². The predicted octanol–water partition coefficient (Wildman–Crippen LogP) is 2.25. The van der Waals surface area contributed by atoms with Crippen LogP contribution in [0.2, 0.25) is 0 Å². The van der Waals surface area contributed by atoms with E-state index in [-0.39, 0.29) is 9.92 Å². The fourth-order valence-corrected chi connectivity index (χ4v) is 0. The molecule has 4 heavy (non-hydrogen) atoms. The molecule has 24 valence electrons. The van der Waals surface area contributed by atoms with Crippen LogP contribution >= 0.6 is 31.9 Å². The minimum Gasteiger partial charge on any atom is -0.0589 e. The highest BCUT2D eigenvalue weighted by Gasteiger charge is 1.39. The molecule has 0 atom stereocenters. The van der Waals surface area contributed by atoms with Crippen LogP contribution in [0.25, 0.3) is 0 Å². The van der Waals surface area contributed by atoms with Gasteiger partial charge in [-0.1, -0.05) is 31.9 Å². The second-order valence-corrected chi connectivity index (χ2v) is 0.982. The largest absolute Gasteiger partial charge is 0.0709 e. The van der Waals surface area contributed by atoms with Crippen molar-refractivity contribution in [3.63, 3.8) is 0 Å². The van der Waals surface area contributed by atoms with E-state index in [2.05, 4.69) is 31.9 Å². The molecule has 0 aromatic heterocycles. The van der Waals surface area contributed by atoms with Crippen LogP contribution in [0.4, 0.5) is 0 Å². The lowest BCUT2D eigenvalue weighted by Gasteiger charge is -1.44. The fourth-order valence-electron chi connectivity index (χ4n) is 0. The van der Waals surface area contributed by atoms with Crippen molar-refractivity contribution in [1.29, 1.82) is 0 Å². The second-order valence-electron chi connectivity index (χ2n) is 0.189. The summed E-state index contributed by atoms with van der Waals surface area (Å²) in [5.41, 5.74) is 0. The van der Waals surface area contributed by atoms with E-state index in [0.29, 0.717) is 0 Å². The molecular weight excluding hydrogens is 184 g/mol. The van der Waals surface area contributed by atoms with Crippen LogP contribution in [-0.2, 0) is 0 Å². The molecule has 0 amide bonds. The molecule has 2 heteroatoms. The maximum atomic E-state index is 6.59. The van der Waals surface area contributed by atoms with E-state index in [4.69, 9.17) is 2.74 Å². The zero-order chi connectivity index (χ0) is 5.15. The molecule has 0 N–H and O–H groups in total. The van der Waals surface area contributed by atoms with Crippen molar-refractivity contribution in [2.45, 2.75) is 0 Å². The predicted molar refractivity (Wildman–Crippen MR) is 27.0 cm³/mol. The lowest BCUT2D eigenvalue weighted by atomic mass is 11.3. The van der Waals surface area contributed by atoms with E-state index < -0.39 is 0 Å². The molecule has 0 rings (SSSR count). The minimum absolute atomic E-state index is 0.0718. The van der Waals surface area contributed by atoms with E-state index in [1.165, 1.54) is 0 Å². The maximum absolute atomic E-state index is 6.59. The van der Waals surface area contributed by atoms with Crippen molar-refractivity contribution in [2.75, 3.05) is 0 Å². The summed E-state index contributed by atoms with van der Waals surface area (Å²) < 4.78 is 13.2. The average Bonchev–Trinajstić information content (AvgIpc) is 1.36. The Morgan fingerprint density at radius 2 is 1.75 bits per heavy atom. The molecule has 0 saturated heterocycles. The van der Waals surface area contributed by atoms with E-state index in [9.17, 15) is 0 Å². The zero-order valence-electron chi connectivity index (χ0n) is 3.76.